The van der Waals surface area contributed by atoms with Crippen LogP contribution < -0.4 is 5.73 Å². The predicted octanol–water partition coefficient (Wildman–Crippen LogP) is 2.92. The molecular weight excluding hydrogens is 294 g/mol. The summed E-state index contributed by atoms with van der Waals surface area (Å²) in [5.41, 5.74) is 6.90. The Labute approximate surface area is 127 Å². The zero-order valence-corrected chi connectivity index (χ0v) is 12.7. The monoisotopic (exact) mass is 309 g/mol. The number of hydrogen-bond donors (Lipinski definition) is 1. The average Bonchev–Trinajstić information content (AvgIpc) is 2.94. The van der Waals surface area contributed by atoms with E-state index in [1.165, 1.54) is 11.3 Å². The van der Waals surface area contributed by atoms with Crippen LogP contribution in [0.3, 0.4) is 0 Å². The van der Waals surface area contributed by atoms with Gasteiger partial charge in [-0.2, -0.15) is 0 Å². The normalized spacial score (nSPS) is 10.6. The molecule has 4 nitrogen and oxygen atoms in total. The van der Waals surface area contributed by atoms with Crippen LogP contribution in [0.5, 0.6) is 0 Å². The molecule has 1 aromatic carbocycles. The van der Waals surface area contributed by atoms with Crippen LogP contribution in [-0.2, 0) is 13.1 Å². The number of aromatic nitrogens is 1. The smallest absolute Gasteiger partial charge is 0.273 e. The van der Waals surface area contributed by atoms with Crippen molar-refractivity contribution < 1.29 is 4.79 Å². The largest absolute Gasteiger partial charge is 0.333 e. The zero-order valence-electron chi connectivity index (χ0n) is 11.2. The third-order valence-corrected chi connectivity index (χ3v) is 4.17. The van der Waals surface area contributed by atoms with Crippen LogP contribution in [-0.4, -0.2) is 22.3 Å². The van der Waals surface area contributed by atoms with Gasteiger partial charge in [0.25, 0.3) is 5.91 Å². The van der Waals surface area contributed by atoms with E-state index < -0.39 is 0 Å². The van der Waals surface area contributed by atoms with Crippen LogP contribution in [0.4, 0.5) is 0 Å². The quantitative estimate of drug-likeness (QED) is 0.924. The van der Waals surface area contributed by atoms with Gasteiger partial charge in [-0.25, -0.2) is 4.98 Å². The Morgan fingerprint density at radius 1 is 1.45 bits per heavy atom. The van der Waals surface area contributed by atoms with Gasteiger partial charge in [0.2, 0.25) is 0 Å². The summed E-state index contributed by atoms with van der Waals surface area (Å²) in [5.74, 6) is -0.0941. The molecule has 1 amide bonds. The fraction of sp³-hybridized carbons (Fsp3) is 0.286. The van der Waals surface area contributed by atoms with Gasteiger partial charge in [-0.05, 0) is 18.6 Å². The Hall–Kier alpha value is -1.43. The van der Waals surface area contributed by atoms with Crippen LogP contribution in [0.25, 0.3) is 0 Å². The number of nitrogens with zero attached hydrogens (tertiary/aromatic N) is 2. The van der Waals surface area contributed by atoms with Crippen molar-refractivity contribution in [3.8, 4) is 0 Å². The molecule has 0 bridgehead atoms. The SMILES string of the molecule is CCN(Cc1ccccc1Cl)C(=O)c1csc(CN)n1. The first-order chi connectivity index (χ1) is 9.65. The third kappa shape index (κ3) is 3.36. The highest BCUT2D eigenvalue weighted by molar-refractivity contribution is 7.09. The molecule has 0 aliphatic heterocycles. The third-order valence-electron chi connectivity index (χ3n) is 2.93. The summed E-state index contributed by atoms with van der Waals surface area (Å²) >= 11 is 7.54. The Bertz CT molecular complexity index is 600. The second kappa shape index (κ2) is 6.83. The van der Waals surface area contributed by atoms with Gasteiger partial charge in [0.05, 0.1) is 0 Å². The summed E-state index contributed by atoms with van der Waals surface area (Å²) in [6.45, 7) is 3.36. The molecule has 0 saturated carbocycles. The fourth-order valence-corrected chi connectivity index (χ4v) is 2.67. The second-order valence-electron chi connectivity index (χ2n) is 4.24. The maximum absolute atomic E-state index is 12.4. The topological polar surface area (TPSA) is 59.2 Å². The lowest BCUT2D eigenvalue weighted by Gasteiger charge is -2.20. The summed E-state index contributed by atoms with van der Waals surface area (Å²) in [6, 6.07) is 7.53. The molecule has 0 aliphatic carbocycles. The van der Waals surface area contributed by atoms with Crippen molar-refractivity contribution in [3.05, 3.63) is 50.9 Å². The first-order valence-corrected chi connectivity index (χ1v) is 7.58. The minimum Gasteiger partial charge on any atom is -0.333 e. The van der Waals surface area contributed by atoms with Crippen molar-refractivity contribution in [2.75, 3.05) is 6.54 Å². The first kappa shape index (κ1) is 15.0. The van der Waals surface area contributed by atoms with E-state index in [1.807, 2.05) is 31.2 Å². The van der Waals surface area contributed by atoms with E-state index in [9.17, 15) is 4.79 Å². The number of amides is 1. The molecule has 106 valence electrons. The number of rotatable bonds is 5. The van der Waals surface area contributed by atoms with Crippen molar-refractivity contribution in [1.82, 2.24) is 9.88 Å². The van der Waals surface area contributed by atoms with Crippen LogP contribution in [0.15, 0.2) is 29.6 Å². The molecule has 0 fully saturated rings. The summed E-state index contributed by atoms with van der Waals surface area (Å²) < 4.78 is 0. The number of carbonyl (C=O) groups is 1. The van der Waals surface area contributed by atoms with E-state index in [4.69, 9.17) is 17.3 Å². The zero-order chi connectivity index (χ0) is 14.5. The highest BCUT2D eigenvalue weighted by Gasteiger charge is 2.18. The van der Waals surface area contributed by atoms with E-state index in [0.29, 0.717) is 30.4 Å². The Morgan fingerprint density at radius 2 is 2.20 bits per heavy atom. The molecule has 0 saturated heterocycles. The van der Waals surface area contributed by atoms with Crippen molar-refractivity contribution in [2.45, 2.75) is 20.0 Å². The van der Waals surface area contributed by atoms with Crippen molar-refractivity contribution in [1.29, 1.82) is 0 Å². The van der Waals surface area contributed by atoms with E-state index >= 15 is 0 Å². The van der Waals surface area contributed by atoms with Crippen LogP contribution in [0, 0.1) is 0 Å². The molecule has 2 rings (SSSR count). The average molecular weight is 310 g/mol. The molecule has 0 spiro atoms. The molecule has 2 aromatic rings. The lowest BCUT2D eigenvalue weighted by molar-refractivity contribution is 0.0747. The van der Waals surface area contributed by atoms with Gasteiger partial charge >= 0.3 is 0 Å². The number of nitrogens with two attached hydrogens (primary N) is 1. The Balaban J connectivity index is 2.15. The lowest BCUT2D eigenvalue weighted by atomic mass is 10.2. The summed E-state index contributed by atoms with van der Waals surface area (Å²) in [6.07, 6.45) is 0. The molecule has 20 heavy (non-hydrogen) atoms. The highest BCUT2D eigenvalue weighted by Crippen LogP contribution is 2.19. The van der Waals surface area contributed by atoms with Gasteiger partial charge < -0.3 is 10.6 Å². The highest BCUT2D eigenvalue weighted by atomic mass is 35.5. The van der Waals surface area contributed by atoms with Crippen molar-refractivity contribution >= 4 is 28.8 Å². The minimum absolute atomic E-state index is 0.0941. The van der Waals surface area contributed by atoms with Gasteiger partial charge in [-0.3, -0.25) is 4.79 Å². The number of halogens is 1. The number of carbonyl (C=O) groups excluding carboxylic acids is 1. The lowest BCUT2D eigenvalue weighted by Crippen LogP contribution is -2.30. The van der Waals surface area contributed by atoms with E-state index in [1.54, 1.807) is 10.3 Å². The van der Waals surface area contributed by atoms with Gasteiger partial charge in [-0.1, -0.05) is 29.8 Å². The molecule has 1 heterocycles. The van der Waals surface area contributed by atoms with E-state index in [2.05, 4.69) is 4.98 Å². The minimum atomic E-state index is -0.0941. The van der Waals surface area contributed by atoms with Crippen LogP contribution in [0.1, 0.15) is 28.0 Å². The maximum atomic E-state index is 12.4. The molecule has 0 atom stereocenters. The predicted molar refractivity (Wildman–Crippen MR) is 81.9 cm³/mol. The van der Waals surface area contributed by atoms with Crippen LogP contribution >= 0.6 is 22.9 Å². The maximum Gasteiger partial charge on any atom is 0.273 e. The number of hydrogen-bond acceptors (Lipinski definition) is 4. The van der Waals surface area contributed by atoms with Crippen molar-refractivity contribution in [3.63, 3.8) is 0 Å². The van der Waals surface area contributed by atoms with E-state index in [0.717, 1.165) is 10.6 Å². The fourth-order valence-electron chi connectivity index (χ4n) is 1.82. The molecule has 6 heteroatoms. The molecule has 2 N–H and O–H groups in total. The molecule has 1 aromatic heterocycles. The second-order valence-corrected chi connectivity index (χ2v) is 5.59. The Morgan fingerprint density at radius 3 is 2.80 bits per heavy atom. The summed E-state index contributed by atoms with van der Waals surface area (Å²) in [5, 5.41) is 3.18. The molecule has 0 unspecified atom stereocenters. The van der Waals surface area contributed by atoms with E-state index in [-0.39, 0.29) is 5.91 Å². The standard InChI is InChI=1S/C14H16ClN3OS/c1-2-18(8-10-5-3-4-6-11(10)15)14(19)12-9-20-13(7-16)17-12/h3-6,9H,2,7-8,16H2,1H3. The van der Waals surface area contributed by atoms with Gasteiger partial charge in [0.1, 0.15) is 10.7 Å². The molecule has 0 radical (unpaired) electrons. The molecule has 0 aliphatic rings. The van der Waals surface area contributed by atoms with Crippen LogP contribution in [0.2, 0.25) is 5.02 Å². The summed E-state index contributed by atoms with van der Waals surface area (Å²) in [7, 11) is 0. The number of benzene rings is 1. The number of thiazole rings is 1. The summed E-state index contributed by atoms with van der Waals surface area (Å²) in [4.78, 5) is 18.4. The van der Waals surface area contributed by atoms with Gasteiger partial charge in [0.15, 0.2) is 0 Å². The van der Waals surface area contributed by atoms with Crippen molar-refractivity contribution in [2.24, 2.45) is 5.73 Å². The first-order valence-electron chi connectivity index (χ1n) is 6.32. The van der Waals surface area contributed by atoms with Gasteiger partial charge in [-0.15, -0.1) is 11.3 Å². The van der Waals surface area contributed by atoms with Gasteiger partial charge in [0, 0.05) is 30.0 Å². The molecular formula is C14H16ClN3OS. The Kier molecular flexibility index (Phi) is 5.11.